The Kier molecular flexibility index (Phi) is 4.37. The summed E-state index contributed by atoms with van der Waals surface area (Å²) in [6.45, 7) is 12.9. The number of nitrogens with zero attached hydrogens (tertiary/aromatic N) is 3. The van der Waals surface area contributed by atoms with Gasteiger partial charge in [0.25, 0.3) is 0 Å². The number of piperazine rings is 1. The maximum absolute atomic E-state index is 6.29. The molecule has 0 aromatic rings. The minimum atomic E-state index is 0.291. The Hall–Kier alpha value is -0.160. The van der Waals surface area contributed by atoms with E-state index in [1.54, 1.807) is 0 Å². The first kappa shape index (κ1) is 14.8. The normalized spacial score (nSPS) is 41.0. The molecule has 0 aliphatic carbocycles. The summed E-state index contributed by atoms with van der Waals surface area (Å²) < 4.78 is 0. The third kappa shape index (κ3) is 2.52. The summed E-state index contributed by atoms with van der Waals surface area (Å²) >= 11 is 0. The summed E-state index contributed by atoms with van der Waals surface area (Å²) in [5.74, 6) is 0. The first-order chi connectivity index (χ1) is 9.68. The zero-order chi connectivity index (χ0) is 14.2. The highest BCUT2D eigenvalue weighted by Crippen LogP contribution is 2.37. The lowest BCUT2D eigenvalue weighted by atomic mass is 9.81. The molecule has 4 heteroatoms. The van der Waals surface area contributed by atoms with Gasteiger partial charge in [-0.25, -0.2) is 0 Å². The highest BCUT2D eigenvalue weighted by molar-refractivity contribution is 5.03. The van der Waals surface area contributed by atoms with Crippen LogP contribution in [0.15, 0.2) is 0 Å². The van der Waals surface area contributed by atoms with E-state index >= 15 is 0 Å². The maximum atomic E-state index is 6.29. The first-order valence-corrected chi connectivity index (χ1v) is 8.62. The zero-order valence-corrected chi connectivity index (χ0v) is 13.4. The molecule has 0 saturated carbocycles. The van der Waals surface area contributed by atoms with E-state index in [-0.39, 0.29) is 0 Å². The molecular weight excluding hydrogens is 248 g/mol. The van der Waals surface area contributed by atoms with E-state index in [4.69, 9.17) is 5.73 Å². The number of rotatable bonds is 3. The van der Waals surface area contributed by atoms with Gasteiger partial charge in [-0.3, -0.25) is 9.80 Å². The summed E-state index contributed by atoms with van der Waals surface area (Å²) in [6, 6.07) is 1.49. The van der Waals surface area contributed by atoms with Gasteiger partial charge >= 0.3 is 0 Å². The summed E-state index contributed by atoms with van der Waals surface area (Å²) in [5, 5.41) is 0. The van der Waals surface area contributed by atoms with Crippen molar-refractivity contribution in [2.24, 2.45) is 5.73 Å². The third-order valence-corrected chi connectivity index (χ3v) is 6.20. The molecule has 3 fully saturated rings. The van der Waals surface area contributed by atoms with Crippen LogP contribution in [-0.2, 0) is 0 Å². The van der Waals surface area contributed by atoms with E-state index in [0.717, 1.165) is 12.6 Å². The van der Waals surface area contributed by atoms with Gasteiger partial charge in [-0.05, 0) is 45.7 Å². The predicted molar refractivity (Wildman–Crippen MR) is 83.9 cm³/mol. The molecule has 0 radical (unpaired) electrons. The molecule has 0 bridgehead atoms. The molecule has 0 spiro atoms. The van der Waals surface area contributed by atoms with Crippen LogP contribution in [0.1, 0.15) is 39.5 Å². The fraction of sp³-hybridized carbons (Fsp3) is 1.00. The van der Waals surface area contributed by atoms with E-state index < -0.39 is 0 Å². The van der Waals surface area contributed by atoms with Gasteiger partial charge in [-0.15, -0.1) is 0 Å². The van der Waals surface area contributed by atoms with E-state index in [2.05, 4.69) is 28.5 Å². The van der Waals surface area contributed by atoms with Gasteiger partial charge in [0, 0.05) is 50.3 Å². The SMILES string of the molecule is CCN1CCN(C2(CN)CCN3CCCC3C2)CC1C. The standard InChI is InChI=1S/C16H32N4/c1-3-18-9-10-20(12-14(18)2)16(13-17)6-8-19-7-4-5-15(19)11-16/h14-15H,3-13,17H2,1-2H3. The summed E-state index contributed by atoms with van der Waals surface area (Å²) in [5.41, 5.74) is 6.58. The molecule has 3 aliphatic rings. The number of hydrogen-bond donors (Lipinski definition) is 1. The Balaban J connectivity index is 1.70. The molecule has 0 aromatic heterocycles. The summed E-state index contributed by atoms with van der Waals surface area (Å²) in [6.07, 6.45) is 5.37. The number of nitrogens with two attached hydrogens (primary N) is 1. The van der Waals surface area contributed by atoms with Gasteiger partial charge in [0.2, 0.25) is 0 Å². The molecule has 116 valence electrons. The van der Waals surface area contributed by atoms with Gasteiger partial charge in [0.15, 0.2) is 0 Å². The quantitative estimate of drug-likeness (QED) is 0.835. The highest BCUT2D eigenvalue weighted by atomic mass is 15.3. The molecule has 2 N–H and O–H groups in total. The second-order valence-corrected chi connectivity index (χ2v) is 7.14. The predicted octanol–water partition coefficient (Wildman–Crippen LogP) is 0.968. The molecule has 3 rings (SSSR count). The van der Waals surface area contributed by atoms with Crippen LogP contribution in [0, 0.1) is 0 Å². The molecule has 3 unspecified atom stereocenters. The number of hydrogen-bond acceptors (Lipinski definition) is 4. The van der Waals surface area contributed by atoms with Crippen LogP contribution < -0.4 is 5.73 Å². The van der Waals surface area contributed by atoms with Crippen molar-refractivity contribution in [3.63, 3.8) is 0 Å². The molecule has 0 amide bonds. The van der Waals surface area contributed by atoms with Crippen molar-refractivity contribution in [2.75, 3.05) is 45.8 Å². The minimum Gasteiger partial charge on any atom is -0.329 e. The average Bonchev–Trinajstić information content (AvgIpc) is 2.94. The molecule has 20 heavy (non-hydrogen) atoms. The second kappa shape index (κ2) is 5.91. The van der Waals surface area contributed by atoms with Gasteiger partial charge < -0.3 is 10.6 Å². The van der Waals surface area contributed by atoms with Crippen molar-refractivity contribution in [2.45, 2.75) is 57.2 Å². The molecule has 4 nitrogen and oxygen atoms in total. The molecule has 3 aliphatic heterocycles. The van der Waals surface area contributed by atoms with Gasteiger partial charge in [0.1, 0.15) is 0 Å². The van der Waals surface area contributed by atoms with Crippen LogP contribution in [0.25, 0.3) is 0 Å². The lowest BCUT2D eigenvalue weighted by Gasteiger charge is -2.54. The molecule has 3 atom stereocenters. The van der Waals surface area contributed by atoms with Crippen LogP contribution in [0.4, 0.5) is 0 Å². The van der Waals surface area contributed by atoms with Crippen molar-refractivity contribution in [1.29, 1.82) is 0 Å². The van der Waals surface area contributed by atoms with Crippen molar-refractivity contribution in [3.05, 3.63) is 0 Å². The number of piperidine rings is 1. The van der Waals surface area contributed by atoms with Crippen molar-refractivity contribution < 1.29 is 0 Å². The van der Waals surface area contributed by atoms with Crippen LogP contribution in [0.3, 0.4) is 0 Å². The zero-order valence-electron chi connectivity index (χ0n) is 13.4. The molecular formula is C16H32N4. The van der Waals surface area contributed by atoms with Crippen molar-refractivity contribution >= 4 is 0 Å². The smallest absolute Gasteiger partial charge is 0.0359 e. The van der Waals surface area contributed by atoms with Gasteiger partial charge in [0.05, 0.1) is 0 Å². The van der Waals surface area contributed by atoms with Crippen LogP contribution in [0.5, 0.6) is 0 Å². The van der Waals surface area contributed by atoms with E-state index in [1.165, 1.54) is 65.0 Å². The van der Waals surface area contributed by atoms with Gasteiger partial charge in [-0.1, -0.05) is 6.92 Å². The molecule has 0 aromatic carbocycles. The third-order valence-electron chi connectivity index (χ3n) is 6.20. The number of fused-ring (bicyclic) bond motifs is 1. The van der Waals surface area contributed by atoms with E-state index in [1.807, 2.05) is 0 Å². The Morgan fingerprint density at radius 1 is 1.20 bits per heavy atom. The highest BCUT2D eigenvalue weighted by Gasteiger charge is 2.45. The number of likely N-dealkylation sites (N-methyl/N-ethyl adjacent to an activating group) is 1. The minimum absolute atomic E-state index is 0.291. The largest absolute Gasteiger partial charge is 0.329 e. The van der Waals surface area contributed by atoms with Crippen molar-refractivity contribution in [3.8, 4) is 0 Å². The molecule has 3 heterocycles. The van der Waals surface area contributed by atoms with E-state index in [9.17, 15) is 0 Å². The van der Waals surface area contributed by atoms with Crippen LogP contribution in [-0.4, -0.2) is 78.1 Å². The lowest BCUT2D eigenvalue weighted by molar-refractivity contribution is -0.0329. The van der Waals surface area contributed by atoms with Gasteiger partial charge in [-0.2, -0.15) is 0 Å². The Morgan fingerprint density at radius 3 is 2.75 bits per heavy atom. The van der Waals surface area contributed by atoms with Crippen LogP contribution in [0.2, 0.25) is 0 Å². The topological polar surface area (TPSA) is 35.7 Å². The summed E-state index contributed by atoms with van der Waals surface area (Å²) in [7, 11) is 0. The van der Waals surface area contributed by atoms with Crippen LogP contribution >= 0.6 is 0 Å². The fourth-order valence-electron chi connectivity index (χ4n) is 4.81. The van der Waals surface area contributed by atoms with Crippen molar-refractivity contribution in [1.82, 2.24) is 14.7 Å². The fourth-order valence-corrected chi connectivity index (χ4v) is 4.81. The van der Waals surface area contributed by atoms with E-state index in [0.29, 0.717) is 11.6 Å². The maximum Gasteiger partial charge on any atom is 0.0359 e. The molecule has 3 saturated heterocycles. The first-order valence-electron chi connectivity index (χ1n) is 8.62. The summed E-state index contributed by atoms with van der Waals surface area (Å²) in [4.78, 5) is 8.06. The Bertz CT molecular complexity index is 334. The second-order valence-electron chi connectivity index (χ2n) is 7.14. The Labute approximate surface area is 124 Å². The monoisotopic (exact) mass is 280 g/mol. The Morgan fingerprint density at radius 2 is 2.05 bits per heavy atom. The lowest BCUT2D eigenvalue weighted by Crippen LogP contribution is -2.66. The average molecular weight is 280 g/mol.